The lowest BCUT2D eigenvalue weighted by atomic mass is 10.0. The van der Waals surface area contributed by atoms with Gasteiger partial charge in [-0.05, 0) is 6.92 Å². The van der Waals surface area contributed by atoms with Crippen molar-refractivity contribution in [3.8, 4) is 0 Å². The molecular formula is C6H9NO2. The Bertz CT molecular complexity index is 156. The van der Waals surface area contributed by atoms with Gasteiger partial charge in [0.2, 0.25) is 11.8 Å². The number of likely N-dealkylation sites (tertiary alicyclic amines) is 1. The minimum absolute atomic E-state index is 0.0463. The second kappa shape index (κ2) is 1.83. The molecule has 0 N–H and O–H groups in total. The van der Waals surface area contributed by atoms with Crippen LogP contribution in [-0.4, -0.2) is 22.8 Å². The van der Waals surface area contributed by atoms with Crippen molar-refractivity contribution >= 4 is 11.8 Å². The van der Waals surface area contributed by atoms with Gasteiger partial charge in [0.25, 0.3) is 0 Å². The minimum Gasteiger partial charge on any atom is -0.279 e. The molecule has 0 aromatic rings. The fourth-order valence-corrected chi connectivity index (χ4v) is 1.06. The SMILES string of the molecule is CC(=O)N1C(=O)C[C@H]1C. The van der Waals surface area contributed by atoms with E-state index in [2.05, 4.69) is 0 Å². The molecule has 0 bridgehead atoms. The summed E-state index contributed by atoms with van der Waals surface area (Å²) in [5.74, 6) is -0.186. The first-order valence-electron chi connectivity index (χ1n) is 2.95. The van der Waals surface area contributed by atoms with Gasteiger partial charge in [-0.3, -0.25) is 14.5 Å². The van der Waals surface area contributed by atoms with Crippen LogP contribution in [0.1, 0.15) is 20.3 Å². The Kier molecular flexibility index (Phi) is 1.27. The summed E-state index contributed by atoms with van der Waals surface area (Å²) < 4.78 is 0. The Balaban J connectivity index is 2.59. The largest absolute Gasteiger partial charge is 0.279 e. The maximum atomic E-state index is 10.6. The van der Waals surface area contributed by atoms with E-state index in [-0.39, 0.29) is 17.9 Å². The van der Waals surface area contributed by atoms with Crippen molar-refractivity contribution in [2.24, 2.45) is 0 Å². The summed E-state index contributed by atoms with van der Waals surface area (Å²) in [4.78, 5) is 22.4. The number of amides is 2. The van der Waals surface area contributed by atoms with E-state index in [0.29, 0.717) is 6.42 Å². The van der Waals surface area contributed by atoms with Crippen LogP contribution >= 0.6 is 0 Å². The maximum absolute atomic E-state index is 10.6. The molecule has 1 aliphatic heterocycles. The molecule has 0 saturated carbocycles. The predicted octanol–water partition coefficient (Wildman–Crippen LogP) is 0.154. The average molecular weight is 127 g/mol. The first-order valence-corrected chi connectivity index (χ1v) is 2.95. The molecule has 3 nitrogen and oxygen atoms in total. The van der Waals surface area contributed by atoms with Crippen molar-refractivity contribution in [3.05, 3.63) is 0 Å². The molecule has 0 aliphatic carbocycles. The number of carbonyl (C=O) groups excluding carboxylic acids is 2. The molecule has 1 aliphatic rings. The Morgan fingerprint density at radius 3 is 2.44 bits per heavy atom. The molecular weight excluding hydrogens is 118 g/mol. The Morgan fingerprint density at radius 2 is 2.33 bits per heavy atom. The lowest BCUT2D eigenvalue weighted by molar-refractivity contribution is -0.155. The molecule has 0 spiro atoms. The van der Waals surface area contributed by atoms with Crippen LogP contribution < -0.4 is 0 Å². The first-order chi connectivity index (χ1) is 4.13. The third-order valence-corrected chi connectivity index (χ3v) is 1.52. The Hall–Kier alpha value is -0.860. The smallest absolute Gasteiger partial charge is 0.231 e. The van der Waals surface area contributed by atoms with Crippen LogP contribution in [0.3, 0.4) is 0 Å². The Morgan fingerprint density at radius 1 is 1.78 bits per heavy atom. The third kappa shape index (κ3) is 0.823. The lowest BCUT2D eigenvalue weighted by Crippen LogP contribution is -2.53. The van der Waals surface area contributed by atoms with E-state index in [0.717, 1.165) is 0 Å². The number of carbonyl (C=O) groups is 2. The Labute approximate surface area is 53.6 Å². The molecule has 2 amide bonds. The van der Waals surface area contributed by atoms with Crippen molar-refractivity contribution < 1.29 is 9.59 Å². The van der Waals surface area contributed by atoms with Gasteiger partial charge in [-0.25, -0.2) is 0 Å². The van der Waals surface area contributed by atoms with E-state index in [9.17, 15) is 9.59 Å². The monoisotopic (exact) mass is 127 g/mol. The normalized spacial score (nSPS) is 25.8. The minimum atomic E-state index is -0.140. The second-order valence-corrected chi connectivity index (χ2v) is 2.34. The van der Waals surface area contributed by atoms with Crippen LogP contribution in [0.15, 0.2) is 0 Å². The molecule has 1 heterocycles. The van der Waals surface area contributed by atoms with Crippen molar-refractivity contribution in [3.63, 3.8) is 0 Å². The molecule has 0 unspecified atom stereocenters. The second-order valence-electron chi connectivity index (χ2n) is 2.34. The van der Waals surface area contributed by atoms with E-state index >= 15 is 0 Å². The van der Waals surface area contributed by atoms with E-state index in [1.807, 2.05) is 6.92 Å². The van der Waals surface area contributed by atoms with Gasteiger partial charge in [0.1, 0.15) is 0 Å². The van der Waals surface area contributed by atoms with Crippen LogP contribution in [0.4, 0.5) is 0 Å². The van der Waals surface area contributed by atoms with Crippen LogP contribution in [0, 0.1) is 0 Å². The molecule has 1 fully saturated rings. The molecule has 1 atom stereocenters. The number of hydrogen-bond acceptors (Lipinski definition) is 2. The zero-order valence-electron chi connectivity index (χ0n) is 5.55. The molecule has 0 aromatic carbocycles. The van der Waals surface area contributed by atoms with Crippen LogP contribution in [0.25, 0.3) is 0 Å². The summed E-state index contributed by atoms with van der Waals surface area (Å²) in [6.07, 6.45) is 0.527. The van der Waals surface area contributed by atoms with Crippen molar-refractivity contribution in [1.29, 1.82) is 0 Å². The summed E-state index contributed by atoms with van der Waals surface area (Å²) in [5.41, 5.74) is 0. The van der Waals surface area contributed by atoms with E-state index in [1.54, 1.807) is 0 Å². The quantitative estimate of drug-likeness (QED) is 0.434. The van der Waals surface area contributed by atoms with E-state index in [4.69, 9.17) is 0 Å². The van der Waals surface area contributed by atoms with E-state index in [1.165, 1.54) is 11.8 Å². The van der Waals surface area contributed by atoms with Gasteiger partial charge in [-0.1, -0.05) is 0 Å². The fourth-order valence-electron chi connectivity index (χ4n) is 1.06. The molecule has 3 heteroatoms. The zero-order valence-corrected chi connectivity index (χ0v) is 5.55. The highest BCUT2D eigenvalue weighted by Gasteiger charge is 2.34. The summed E-state index contributed by atoms with van der Waals surface area (Å²) in [6, 6.07) is 0.134. The molecule has 1 saturated heterocycles. The van der Waals surface area contributed by atoms with Crippen LogP contribution in [0.5, 0.6) is 0 Å². The van der Waals surface area contributed by atoms with Crippen molar-refractivity contribution in [2.75, 3.05) is 0 Å². The molecule has 50 valence electrons. The summed E-state index contributed by atoms with van der Waals surface area (Å²) >= 11 is 0. The van der Waals surface area contributed by atoms with E-state index < -0.39 is 0 Å². The number of imide groups is 1. The van der Waals surface area contributed by atoms with Gasteiger partial charge in [-0.2, -0.15) is 0 Å². The van der Waals surface area contributed by atoms with Gasteiger partial charge >= 0.3 is 0 Å². The highest BCUT2D eigenvalue weighted by Crippen LogP contribution is 2.17. The summed E-state index contributed by atoms with van der Waals surface area (Å²) in [5, 5.41) is 0. The standard InChI is InChI=1S/C6H9NO2/c1-4-3-6(9)7(4)5(2)8/h4H,3H2,1-2H3/t4-/m1/s1. The number of β-lactam (4-membered cyclic amide) rings is 1. The highest BCUT2D eigenvalue weighted by atomic mass is 16.2. The maximum Gasteiger partial charge on any atom is 0.231 e. The molecule has 9 heavy (non-hydrogen) atoms. The third-order valence-electron chi connectivity index (χ3n) is 1.52. The van der Waals surface area contributed by atoms with Gasteiger partial charge in [0, 0.05) is 19.4 Å². The zero-order chi connectivity index (χ0) is 7.02. The van der Waals surface area contributed by atoms with Gasteiger partial charge in [-0.15, -0.1) is 0 Å². The fraction of sp³-hybridized carbons (Fsp3) is 0.667. The van der Waals surface area contributed by atoms with Crippen LogP contribution in [-0.2, 0) is 9.59 Å². The van der Waals surface area contributed by atoms with Crippen LogP contribution in [0.2, 0.25) is 0 Å². The molecule has 0 aromatic heterocycles. The summed E-state index contributed by atoms with van der Waals surface area (Å²) in [7, 11) is 0. The first kappa shape index (κ1) is 6.26. The molecule has 1 rings (SSSR count). The number of nitrogens with zero attached hydrogens (tertiary/aromatic N) is 1. The topological polar surface area (TPSA) is 37.4 Å². The van der Waals surface area contributed by atoms with Crippen molar-refractivity contribution in [1.82, 2.24) is 4.90 Å². The van der Waals surface area contributed by atoms with Gasteiger partial charge in [0.15, 0.2) is 0 Å². The van der Waals surface area contributed by atoms with Crippen molar-refractivity contribution in [2.45, 2.75) is 26.3 Å². The number of rotatable bonds is 0. The highest BCUT2D eigenvalue weighted by molar-refractivity contribution is 5.99. The molecule has 0 radical (unpaired) electrons. The average Bonchev–Trinajstić information content (AvgIpc) is 1.62. The van der Waals surface area contributed by atoms with Gasteiger partial charge in [0.05, 0.1) is 0 Å². The lowest BCUT2D eigenvalue weighted by Gasteiger charge is -2.35. The summed E-state index contributed by atoms with van der Waals surface area (Å²) in [6.45, 7) is 3.27. The van der Waals surface area contributed by atoms with Gasteiger partial charge < -0.3 is 0 Å². The predicted molar refractivity (Wildman–Crippen MR) is 31.6 cm³/mol. The number of hydrogen-bond donors (Lipinski definition) is 0.